The number of benzene rings is 1. The second-order valence-corrected chi connectivity index (χ2v) is 6.18. The summed E-state index contributed by atoms with van der Waals surface area (Å²) in [4.78, 5) is 30.4. The number of ether oxygens (including phenoxy) is 2. The van der Waals surface area contributed by atoms with Gasteiger partial charge in [0.05, 0.1) is 32.0 Å². The van der Waals surface area contributed by atoms with Crippen LogP contribution < -0.4 is 9.47 Å². The molecular formula is C21H21N3O4. The van der Waals surface area contributed by atoms with Crippen LogP contribution >= 0.6 is 0 Å². The van der Waals surface area contributed by atoms with E-state index in [1.807, 2.05) is 6.07 Å². The van der Waals surface area contributed by atoms with Crippen LogP contribution in [0, 0.1) is 11.8 Å². The van der Waals surface area contributed by atoms with Crippen molar-refractivity contribution in [2.45, 2.75) is 19.4 Å². The number of aromatic nitrogens is 1. The number of nitrogens with zero attached hydrogens (tertiary/aromatic N) is 3. The van der Waals surface area contributed by atoms with Crippen LogP contribution in [0.4, 0.5) is 0 Å². The molecule has 7 nitrogen and oxygen atoms in total. The average Bonchev–Trinajstić information content (AvgIpc) is 2.91. The van der Waals surface area contributed by atoms with Gasteiger partial charge >= 0.3 is 0 Å². The maximum absolute atomic E-state index is 13.2. The van der Waals surface area contributed by atoms with Gasteiger partial charge in [0.2, 0.25) is 0 Å². The van der Waals surface area contributed by atoms with Gasteiger partial charge in [0.1, 0.15) is 11.5 Å². The predicted octanol–water partition coefficient (Wildman–Crippen LogP) is 1.97. The standard InChI is InChI=1S/C21H21N3O4/c1-5-8-14-11-16(27-3)18(17(12-14)28-4)19-20(25)23(2)24(21(19)26)13-15-9-6-7-10-22-15/h6-7,9-12,19H,13H2,1-4H3. The zero-order chi connectivity index (χ0) is 20.3. The Bertz CT molecular complexity index is 938. The van der Waals surface area contributed by atoms with Gasteiger partial charge in [-0.2, -0.15) is 0 Å². The van der Waals surface area contributed by atoms with Gasteiger partial charge in [-0.05, 0) is 31.2 Å². The van der Waals surface area contributed by atoms with E-state index >= 15 is 0 Å². The smallest absolute Gasteiger partial charge is 0.258 e. The van der Waals surface area contributed by atoms with Gasteiger partial charge in [-0.25, -0.2) is 5.01 Å². The molecule has 0 bridgehead atoms. The van der Waals surface area contributed by atoms with E-state index < -0.39 is 5.92 Å². The predicted molar refractivity (Wildman–Crippen MR) is 102 cm³/mol. The van der Waals surface area contributed by atoms with Gasteiger partial charge in [-0.1, -0.05) is 12.0 Å². The Morgan fingerprint density at radius 3 is 2.32 bits per heavy atom. The fraction of sp³-hybridized carbons (Fsp3) is 0.286. The third-order valence-corrected chi connectivity index (χ3v) is 4.57. The Kier molecular flexibility index (Phi) is 5.50. The Balaban J connectivity index is 2.04. The lowest BCUT2D eigenvalue weighted by molar-refractivity contribution is -0.145. The molecule has 0 aliphatic carbocycles. The summed E-state index contributed by atoms with van der Waals surface area (Å²) >= 11 is 0. The van der Waals surface area contributed by atoms with Crippen molar-refractivity contribution in [2.75, 3.05) is 21.3 Å². The van der Waals surface area contributed by atoms with E-state index in [4.69, 9.17) is 9.47 Å². The fourth-order valence-electron chi connectivity index (χ4n) is 3.22. The summed E-state index contributed by atoms with van der Waals surface area (Å²) in [5, 5.41) is 2.70. The van der Waals surface area contributed by atoms with Crippen LogP contribution in [0.15, 0.2) is 36.5 Å². The molecule has 2 amide bonds. The van der Waals surface area contributed by atoms with E-state index in [9.17, 15) is 9.59 Å². The van der Waals surface area contributed by atoms with Crippen molar-refractivity contribution in [2.24, 2.45) is 0 Å². The molecule has 1 fully saturated rings. The molecule has 0 radical (unpaired) electrons. The second-order valence-electron chi connectivity index (χ2n) is 6.18. The molecule has 28 heavy (non-hydrogen) atoms. The summed E-state index contributed by atoms with van der Waals surface area (Å²) in [6, 6.07) is 8.84. The van der Waals surface area contributed by atoms with E-state index in [1.165, 1.54) is 24.2 Å². The van der Waals surface area contributed by atoms with Gasteiger partial charge in [-0.3, -0.25) is 19.6 Å². The molecule has 2 aromatic rings. The highest BCUT2D eigenvalue weighted by Crippen LogP contribution is 2.41. The number of likely N-dealkylation sites (N-methyl/N-ethyl adjacent to an activating group) is 1. The highest BCUT2D eigenvalue weighted by molar-refractivity contribution is 6.11. The molecule has 1 atom stereocenters. The summed E-state index contributed by atoms with van der Waals surface area (Å²) in [5.41, 5.74) is 1.76. The Morgan fingerprint density at radius 2 is 1.79 bits per heavy atom. The van der Waals surface area contributed by atoms with E-state index in [1.54, 1.807) is 44.4 Å². The van der Waals surface area contributed by atoms with E-state index in [2.05, 4.69) is 16.8 Å². The van der Waals surface area contributed by atoms with Crippen LogP contribution in [0.5, 0.6) is 11.5 Å². The van der Waals surface area contributed by atoms with Crippen LogP contribution in [0.1, 0.15) is 29.7 Å². The molecule has 1 aliphatic heterocycles. The van der Waals surface area contributed by atoms with Gasteiger partial charge in [0.25, 0.3) is 11.8 Å². The number of carbonyl (C=O) groups is 2. The normalized spacial score (nSPS) is 16.1. The number of carbonyl (C=O) groups excluding carboxylic acids is 2. The zero-order valence-electron chi connectivity index (χ0n) is 16.2. The number of rotatable bonds is 5. The molecule has 2 heterocycles. The van der Waals surface area contributed by atoms with Crippen molar-refractivity contribution < 1.29 is 19.1 Å². The average molecular weight is 379 g/mol. The first-order valence-corrected chi connectivity index (χ1v) is 8.69. The molecule has 3 rings (SSSR count). The molecule has 0 saturated carbocycles. The number of amides is 2. The number of hydrazine groups is 1. The number of hydrogen-bond donors (Lipinski definition) is 0. The minimum Gasteiger partial charge on any atom is -0.496 e. The van der Waals surface area contributed by atoms with Crippen molar-refractivity contribution in [3.8, 4) is 23.3 Å². The van der Waals surface area contributed by atoms with Crippen molar-refractivity contribution in [1.29, 1.82) is 0 Å². The Hall–Kier alpha value is -3.53. The molecular weight excluding hydrogens is 358 g/mol. The highest BCUT2D eigenvalue weighted by atomic mass is 16.5. The number of pyridine rings is 1. The topological polar surface area (TPSA) is 72.0 Å². The molecule has 7 heteroatoms. The quantitative estimate of drug-likeness (QED) is 0.587. The lowest BCUT2D eigenvalue weighted by atomic mass is 9.94. The van der Waals surface area contributed by atoms with E-state index in [-0.39, 0.29) is 18.4 Å². The molecule has 1 aromatic heterocycles. The van der Waals surface area contributed by atoms with Crippen LogP contribution in [0.3, 0.4) is 0 Å². The van der Waals surface area contributed by atoms with Gasteiger partial charge in [0, 0.05) is 18.8 Å². The molecule has 144 valence electrons. The minimum absolute atomic E-state index is 0.197. The SMILES string of the molecule is CC#Cc1cc(OC)c(C2C(=O)N(C)N(Cc3ccccn3)C2=O)c(OC)c1. The lowest BCUT2D eigenvalue weighted by Crippen LogP contribution is -2.37. The zero-order valence-corrected chi connectivity index (χ0v) is 16.2. The van der Waals surface area contributed by atoms with E-state index in [0.29, 0.717) is 28.3 Å². The molecule has 1 aromatic carbocycles. The Labute approximate surface area is 163 Å². The summed E-state index contributed by atoms with van der Waals surface area (Å²) in [6.07, 6.45) is 1.65. The molecule has 0 N–H and O–H groups in total. The first-order chi connectivity index (χ1) is 13.5. The van der Waals surface area contributed by atoms with Crippen LogP contribution in [-0.4, -0.2) is 48.1 Å². The summed E-state index contributed by atoms with van der Waals surface area (Å²) in [5.74, 6) is 4.76. The van der Waals surface area contributed by atoms with Crippen LogP contribution in [-0.2, 0) is 16.1 Å². The maximum Gasteiger partial charge on any atom is 0.258 e. The molecule has 1 unspecified atom stereocenters. The highest BCUT2D eigenvalue weighted by Gasteiger charge is 2.47. The van der Waals surface area contributed by atoms with Crippen molar-refractivity contribution in [1.82, 2.24) is 15.0 Å². The largest absolute Gasteiger partial charge is 0.496 e. The number of methoxy groups -OCH3 is 2. The second kappa shape index (κ2) is 8.01. The molecule has 0 spiro atoms. The van der Waals surface area contributed by atoms with Crippen molar-refractivity contribution >= 4 is 11.8 Å². The Morgan fingerprint density at radius 1 is 1.11 bits per heavy atom. The van der Waals surface area contributed by atoms with Crippen molar-refractivity contribution in [3.63, 3.8) is 0 Å². The summed E-state index contributed by atoms with van der Waals surface area (Å²) < 4.78 is 10.9. The van der Waals surface area contributed by atoms with Gasteiger partial charge in [-0.15, -0.1) is 5.92 Å². The van der Waals surface area contributed by atoms with Crippen molar-refractivity contribution in [3.05, 3.63) is 53.3 Å². The third kappa shape index (κ3) is 3.37. The molecule has 1 saturated heterocycles. The van der Waals surface area contributed by atoms with E-state index in [0.717, 1.165) is 0 Å². The minimum atomic E-state index is -1.05. The lowest BCUT2D eigenvalue weighted by Gasteiger charge is -2.23. The summed E-state index contributed by atoms with van der Waals surface area (Å²) in [7, 11) is 4.54. The van der Waals surface area contributed by atoms with Gasteiger partial charge < -0.3 is 9.47 Å². The first-order valence-electron chi connectivity index (χ1n) is 8.69. The monoisotopic (exact) mass is 379 g/mol. The van der Waals surface area contributed by atoms with Crippen LogP contribution in [0.2, 0.25) is 0 Å². The van der Waals surface area contributed by atoms with Crippen LogP contribution in [0.25, 0.3) is 0 Å². The maximum atomic E-state index is 13.2. The fourth-order valence-corrected chi connectivity index (χ4v) is 3.22. The van der Waals surface area contributed by atoms with Gasteiger partial charge in [0.15, 0.2) is 5.92 Å². The third-order valence-electron chi connectivity index (χ3n) is 4.57. The number of hydrogen-bond acceptors (Lipinski definition) is 5. The molecule has 1 aliphatic rings. The summed E-state index contributed by atoms with van der Waals surface area (Å²) in [6.45, 7) is 1.92. The first kappa shape index (κ1) is 19.2.